The summed E-state index contributed by atoms with van der Waals surface area (Å²) in [7, 11) is 0. The third-order valence-corrected chi connectivity index (χ3v) is 1.96. The Labute approximate surface area is 69.2 Å². The van der Waals surface area contributed by atoms with Crippen LogP contribution in [0.3, 0.4) is 0 Å². The van der Waals surface area contributed by atoms with Gasteiger partial charge in [-0.25, -0.2) is 0 Å². The average Bonchev–Trinajstić information content (AvgIpc) is 2.08. The predicted molar refractivity (Wildman–Crippen MR) is 38.0 cm³/mol. The summed E-state index contributed by atoms with van der Waals surface area (Å²) in [6.07, 6.45) is -4.85. The Balaban J connectivity index is 2.63. The highest BCUT2D eigenvalue weighted by atomic mass is 16.6. The molecule has 6 N–H and O–H groups in total. The van der Waals surface area contributed by atoms with E-state index in [0.717, 1.165) is 0 Å². The van der Waals surface area contributed by atoms with Gasteiger partial charge < -0.3 is 30.9 Å². The number of hydrogen-bond donors (Lipinski definition) is 5. The highest BCUT2D eigenvalue weighted by Crippen LogP contribution is 2.17. The molecule has 1 aliphatic rings. The van der Waals surface area contributed by atoms with E-state index in [9.17, 15) is 5.11 Å². The van der Waals surface area contributed by atoms with Crippen molar-refractivity contribution >= 4 is 0 Å². The van der Waals surface area contributed by atoms with Crippen LogP contribution in [0.25, 0.3) is 0 Å². The van der Waals surface area contributed by atoms with Gasteiger partial charge in [0.1, 0.15) is 18.3 Å². The molecule has 0 spiro atoms. The first-order valence-corrected chi connectivity index (χ1v) is 3.64. The van der Waals surface area contributed by atoms with E-state index in [-0.39, 0.29) is 0 Å². The van der Waals surface area contributed by atoms with Crippen LogP contribution >= 0.6 is 0 Å². The Morgan fingerprint density at radius 2 is 1.75 bits per heavy atom. The standard InChI is InChI=1S/C6H13NO5/c7-3-4(9)2(1-8)12-6(11)5(3)10/h2-6,8-11H,1,7H2/t2-,3-,4+,5+,6+/m1/s1. The van der Waals surface area contributed by atoms with Crippen LogP contribution in [0.2, 0.25) is 0 Å². The lowest BCUT2D eigenvalue weighted by atomic mass is 9.97. The molecule has 0 radical (unpaired) electrons. The van der Waals surface area contributed by atoms with Crippen molar-refractivity contribution in [3.8, 4) is 0 Å². The molecule has 12 heavy (non-hydrogen) atoms. The molecular weight excluding hydrogens is 166 g/mol. The summed E-state index contributed by atoms with van der Waals surface area (Å²) < 4.78 is 4.66. The zero-order valence-corrected chi connectivity index (χ0v) is 6.37. The largest absolute Gasteiger partial charge is 0.394 e. The Kier molecular flexibility index (Phi) is 2.99. The number of rotatable bonds is 1. The van der Waals surface area contributed by atoms with Gasteiger partial charge in [0.15, 0.2) is 6.29 Å². The molecular formula is C6H13NO5. The maximum atomic E-state index is 9.24. The second-order valence-electron chi connectivity index (χ2n) is 2.81. The summed E-state index contributed by atoms with van der Waals surface area (Å²) in [5.41, 5.74) is 5.33. The Morgan fingerprint density at radius 3 is 2.25 bits per heavy atom. The van der Waals surface area contributed by atoms with Crippen LogP contribution in [0.1, 0.15) is 0 Å². The van der Waals surface area contributed by atoms with E-state index in [1.807, 2.05) is 0 Å². The SMILES string of the molecule is N[C@@H]1[C@@H](O)[C@@H](CO)O[C@H](O)[C@H]1O. The third kappa shape index (κ3) is 1.58. The number of aliphatic hydroxyl groups excluding tert-OH is 4. The van der Waals surface area contributed by atoms with Gasteiger partial charge in [-0.1, -0.05) is 0 Å². The first-order valence-electron chi connectivity index (χ1n) is 3.64. The quantitative estimate of drug-likeness (QED) is 0.288. The molecule has 1 heterocycles. The van der Waals surface area contributed by atoms with Gasteiger partial charge in [-0.15, -0.1) is 0 Å². The molecule has 0 aromatic carbocycles. The molecule has 1 saturated heterocycles. The second-order valence-corrected chi connectivity index (χ2v) is 2.81. The Morgan fingerprint density at radius 1 is 1.17 bits per heavy atom. The van der Waals surface area contributed by atoms with Crippen LogP contribution in [0.5, 0.6) is 0 Å². The van der Waals surface area contributed by atoms with Crippen molar-refractivity contribution in [1.82, 2.24) is 0 Å². The third-order valence-electron chi connectivity index (χ3n) is 1.96. The van der Waals surface area contributed by atoms with Crippen LogP contribution in [-0.2, 0) is 4.74 Å². The number of nitrogens with two attached hydrogens (primary N) is 1. The molecule has 0 saturated carbocycles. The van der Waals surface area contributed by atoms with E-state index in [1.54, 1.807) is 0 Å². The molecule has 0 amide bonds. The van der Waals surface area contributed by atoms with Gasteiger partial charge in [-0.2, -0.15) is 0 Å². The minimum atomic E-state index is -1.44. The molecule has 0 aromatic rings. The fraction of sp³-hybridized carbons (Fsp3) is 1.00. The van der Waals surface area contributed by atoms with Crippen LogP contribution in [0.15, 0.2) is 0 Å². The predicted octanol–water partition coefficient (Wildman–Crippen LogP) is -3.25. The second kappa shape index (κ2) is 3.65. The molecule has 1 rings (SSSR count). The van der Waals surface area contributed by atoms with E-state index in [2.05, 4.69) is 4.74 Å². The van der Waals surface area contributed by atoms with E-state index >= 15 is 0 Å². The van der Waals surface area contributed by atoms with E-state index in [4.69, 9.17) is 21.1 Å². The van der Waals surface area contributed by atoms with E-state index in [0.29, 0.717) is 0 Å². The summed E-state index contributed by atoms with van der Waals surface area (Å²) in [5, 5.41) is 36.0. The summed E-state index contributed by atoms with van der Waals surface area (Å²) in [5.74, 6) is 0. The van der Waals surface area contributed by atoms with Crippen molar-refractivity contribution in [3.63, 3.8) is 0 Å². The molecule has 0 bridgehead atoms. The van der Waals surface area contributed by atoms with Crippen molar-refractivity contribution < 1.29 is 25.2 Å². The maximum Gasteiger partial charge on any atom is 0.183 e. The number of hydrogen-bond acceptors (Lipinski definition) is 6. The summed E-state index contributed by atoms with van der Waals surface area (Å²) in [6.45, 7) is -0.446. The van der Waals surface area contributed by atoms with Crippen LogP contribution < -0.4 is 5.73 Å². The average molecular weight is 179 g/mol. The van der Waals surface area contributed by atoms with Crippen molar-refractivity contribution in [2.75, 3.05) is 6.61 Å². The fourth-order valence-corrected chi connectivity index (χ4v) is 1.13. The lowest BCUT2D eigenvalue weighted by molar-refractivity contribution is -0.258. The van der Waals surface area contributed by atoms with Gasteiger partial charge in [0, 0.05) is 0 Å². The zero-order chi connectivity index (χ0) is 9.30. The zero-order valence-electron chi connectivity index (χ0n) is 6.37. The minimum absolute atomic E-state index is 0.446. The van der Waals surface area contributed by atoms with Crippen molar-refractivity contribution in [2.24, 2.45) is 5.73 Å². The summed E-state index contributed by atoms with van der Waals surface area (Å²) in [6, 6.07) is -0.995. The minimum Gasteiger partial charge on any atom is -0.394 e. The first-order chi connectivity index (χ1) is 5.57. The molecule has 72 valence electrons. The molecule has 0 unspecified atom stereocenters. The fourth-order valence-electron chi connectivity index (χ4n) is 1.13. The van der Waals surface area contributed by atoms with Crippen LogP contribution in [0.4, 0.5) is 0 Å². The molecule has 0 aliphatic carbocycles. The number of aliphatic hydroxyl groups is 4. The highest BCUT2D eigenvalue weighted by molar-refractivity contribution is 4.90. The molecule has 6 nitrogen and oxygen atoms in total. The van der Waals surface area contributed by atoms with Gasteiger partial charge in [0.05, 0.1) is 12.6 Å². The van der Waals surface area contributed by atoms with E-state index < -0.39 is 37.3 Å². The van der Waals surface area contributed by atoms with Crippen LogP contribution in [0, 0.1) is 0 Å². The van der Waals surface area contributed by atoms with Gasteiger partial charge in [-0.3, -0.25) is 0 Å². The lowest BCUT2D eigenvalue weighted by Crippen LogP contribution is -2.62. The van der Waals surface area contributed by atoms with Crippen molar-refractivity contribution in [2.45, 2.75) is 30.6 Å². The van der Waals surface area contributed by atoms with Gasteiger partial charge in [0.2, 0.25) is 0 Å². The molecule has 5 atom stereocenters. The smallest absolute Gasteiger partial charge is 0.183 e. The first kappa shape index (κ1) is 9.85. The van der Waals surface area contributed by atoms with Crippen molar-refractivity contribution in [1.29, 1.82) is 0 Å². The Bertz CT molecular complexity index is 150. The molecule has 1 aliphatic heterocycles. The van der Waals surface area contributed by atoms with Gasteiger partial charge in [-0.05, 0) is 0 Å². The topological polar surface area (TPSA) is 116 Å². The highest BCUT2D eigenvalue weighted by Gasteiger charge is 2.41. The monoisotopic (exact) mass is 179 g/mol. The summed E-state index contributed by atoms with van der Waals surface area (Å²) in [4.78, 5) is 0. The normalized spacial score (nSPS) is 49.2. The molecule has 1 fully saturated rings. The maximum absolute atomic E-state index is 9.24. The van der Waals surface area contributed by atoms with Crippen molar-refractivity contribution in [3.05, 3.63) is 0 Å². The molecule has 0 aromatic heterocycles. The van der Waals surface area contributed by atoms with Crippen LogP contribution in [-0.4, -0.2) is 57.7 Å². The van der Waals surface area contributed by atoms with Gasteiger partial charge >= 0.3 is 0 Å². The molecule has 6 heteroatoms. The lowest BCUT2D eigenvalue weighted by Gasteiger charge is -2.38. The Hall–Kier alpha value is -0.240. The van der Waals surface area contributed by atoms with E-state index in [1.165, 1.54) is 0 Å². The van der Waals surface area contributed by atoms with Gasteiger partial charge in [0.25, 0.3) is 0 Å². The summed E-state index contributed by atoms with van der Waals surface area (Å²) >= 11 is 0. The number of ether oxygens (including phenoxy) is 1.